The molecule has 1 heterocycles. The number of hydrogen-bond acceptors (Lipinski definition) is 6. The van der Waals surface area contributed by atoms with E-state index in [9.17, 15) is 20.0 Å². The highest BCUT2D eigenvalue weighted by molar-refractivity contribution is 5.94. The van der Waals surface area contributed by atoms with Gasteiger partial charge in [0.15, 0.2) is 5.69 Å². The van der Waals surface area contributed by atoms with Crippen molar-refractivity contribution in [3.05, 3.63) is 87.3 Å². The molecular weight excluding hydrogens is 358 g/mol. The number of nitrogens with zero attached hydrogens (tertiary/aromatic N) is 4. The summed E-state index contributed by atoms with van der Waals surface area (Å²) in [6.07, 6.45) is 1.35. The molecule has 0 aliphatic heterocycles. The molecule has 2 aromatic carbocycles. The molecule has 0 radical (unpaired) electrons. The van der Waals surface area contributed by atoms with Gasteiger partial charge in [0.2, 0.25) is 0 Å². The maximum Gasteiger partial charge on any atom is 0.292 e. The summed E-state index contributed by atoms with van der Waals surface area (Å²) in [5.74, 6) is -0.600. The quantitative estimate of drug-likeness (QED) is 0.534. The molecule has 8 nitrogen and oxygen atoms in total. The molecule has 0 spiro atoms. The zero-order chi connectivity index (χ0) is 20.1. The van der Waals surface area contributed by atoms with Gasteiger partial charge in [-0.3, -0.25) is 9.59 Å². The fourth-order valence-corrected chi connectivity index (χ4v) is 2.52. The fraction of sp³-hybridized carbons (Fsp3) is 0.0500. The van der Waals surface area contributed by atoms with E-state index in [1.807, 2.05) is 6.07 Å². The van der Waals surface area contributed by atoms with Crippen molar-refractivity contribution in [1.29, 1.82) is 5.26 Å². The summed E-state index contributed by atoms with van der Waals surface area (Å²) < 4.78 is 1.01. The number of rotatable bonds is 4. The first-order chi connectivity index (χ1) is 13.5. The molecule has 0 fully saturated rings. The maximum absolute atomic E-state index is 12.5. The van der Waals surface area contributed by atoms with Crippen LogP contribution in [0.25, 0.3) is 5.69 Å². The van der Waals surface area contributed by atoms with E-state index < -0.39 is 11.5 Å². The lowest BCUT2D eigenvalue weighted by Gasteiger charge is -2.10. The molecule has 0 atom stereocenters. The Hall–Kier alpha value is -4.25. The number of benzene rings is 2. The van der Waals surface area contributed by atoms with Gasteiger partial charge in [-0.1, -0.05) is 30.3 Å². The second-order valence-corrected chi connectivity index (χ2v) is 5.81. The number of aromatic nitrogens is 2. The van der Waals surface area contributed by atoms with Gasteiger partial charge in [0, 0.05) is 5.56 Å². The highest BCUT2D eigenvalue weighted by Gasteiger charge is 2.19. The van der Waals surface area contributed by atoms with Gasteiger partial charge in [-0.2, -0.15) is 20.1 Å². The predicted octanol–water partition coefficient (Wildman–Crippen LogP) is 1.88. The zero-order valence-corrected chi connectivity index (χ0v) is 14.8. The smallest absolute Gasteiger partial charge is 0.292 e. The van der Waals surface area contributed by atoms with E-state index in [-0.39, 0.29) is 22.6 Å². The van der Waals surface area contributed by atoms with Crippen molar-refractivity contribution < 1.29 is 9.90 Å². The summed E-state index contributed by atoms with van der Waals surface area (Å²) in [5, 5.41) is 26.7. The molecule has 0 aliphatic rings. The molecule has 2 N–H and O–H groups in total. The van der Waals surface area contributed by atoms with E-state index in [0.717, 1.165) is 4.68 Å². The zero-order valence-electron chi connectivity index (χ0n) is 14.8. The Labute approximate surface area is 160 Å². The van der Waals surface area contributed by atoms with Crippen LogP contribution in [-0.4, -0.2) is 27.0 Å². The van der Waals surface area contributed by atoms with Gasteiger partial charge in [0.25, 0.3) is 11.5 Å². The normalized spacial score (nSPS) is 10.6. The molecule has 1 aromatic heterocycles. The molecule has 3 aromatic rings. The third-order valence-corrected chi connectivity index (χ3v) is 3.91. The molecule has 138 valence electrons. The van der Waals surface area contributed by atoms with Crippen molar-refractivity contribution in [3.8, 4) is 17.5 Å². The van der Waals surface area contributed by atoms with Crippen molar-refractivity contribution >= 4 is 12.1 Å². The van der Waals surface area contributed by atoms with Gasteiger partial charge >= 0.3 is 0 Å². The lowest BCUT2D eigenvalue weighted by molar-refractivity contribution is 0.0947. The van der Waals surface area contributed by atoms with Crippen LogP contribution in [0.3, 0.4) is 0 Å². The second-order valence-electron chi connectivity index (χ2n) is 5.81. The van der Waals surface area contributed by atoms with Crippen LogP contribution in [0.5, 0.6) is 5.75 Å². The van der Waals surface area contributed by atoms with Crippen molar-refractivity contribution in [2.24, 2.45) is 5.10 Å². The van der Waals surface area contributed by atoms with Crippen molar-refractivity contribution in [3.63, 3.8) is 0 Å². The lowest BCUT2D eigenvalue weighted by Crippen LogP contribution is -2.31. The van der Waals surface area contributed by atoms with E-state index in [1.54, 1.807) is 42.5 Å². The summed E-state index contributed by atoms with van der Waals surface area (Å²) in [6.45, 7) is 1.48. The van der Waals surface area contributed by atoms with E-state index in [2.05, 4.69) is 15.6 Å². The average Bonchev–Trinajstić information content (AvgIpc) is 2.69. The molecule has 28 heavy (non-hydrogen) atoms. The highest BCUT2D eigenvalue weighted by atomic mass is 16.3. The molecule has 0 bridgehead atoms. The van der Waals surface area contributed by atoms with Crippen LogP contribution in [0.2, 0.25) is 0 Å². The van der Waals surface area contributed by atoms with Crippen LogP contribution in [0.4, 0.5) is 0 Å². The average molecular weight is 373 g/mol. The molecule has 0 unspecified atom stereocenters. The maximum atomic E-state index is 12.5. The molecule has 1 amide bonds. The van der Waals surface area contributed by atoms with Crippen molar-refractivity contribution in [1.82, 2.24) is 15.2 Å². The van der Waals surface area contributed by atoms with Crippen molar-refractivity contribution in [2.75, 3.05) is 0 Å². The minimum Gasteiger partial charge on any atom is -0.508 e. The number of carbonyl (C=O) groups excluding carboxylic acids is 1. The summed E-state index contributed by atoms with van der Waals surface area (Å²) in [7, 11) is 0. The van der Waals surface area contributed by atoms with Gasteiger partial charge in [-0.15, -0.1) is 0 Å². The standard InChI is InChI=1S/C20H15N5O3/c1-13-17(11-21)20(28)25(15-7-3-2-4-8-15)24-18(13)19(27)23-22-12-14-6-5-9-16(26)10-14/h2-10,12,26H,1H3,(H,23,27)/b22-12+. The molecule has 0 aliphatic carbocycles. The van der Waals surface area contributed by atoms with Crippen LogP contribution in [-0.2, 0) is 0 Å². The summed E-state index contributed by atoms with van der Waals surface area (Å²) in [5.41, 5.74) is 2.64. The lowest BCUT2D eigenvalue weighted by atomic mass is 10.1. The third kappa shape index (κ3) is 3.78. The first kappa shape index (κ1) is 18.5. The monoisotopic (exact) mass is 373 g/mol. The van der Waals surface area contributed by atoms with Crippen LogP contribution in [0.1, 0.15) is 27.2 Å². The number of para-hydroxylation sites is 1. The number of phenols is 1. The number of nitrogens with one attached hydrogen (secondary N) is 1. The van der Waals surface area contributed by atoms with E-state index in [1.165, 1.54) is 25.3 Å². The molecular formula is C20H15N5O3. The summed E-state index contributed by atoms with van der Waals surface area (Å²) in [6, 6.07) is 16.7. The van der Waals surface area contributed by atoms with Crippen LogP contribution < -0.4 is 11.0 Å². The first-order valence-electron chi connectivity index (χ1n) is 8.23. The van der Waals surface area contributed by atoms with Crippen LogP contribution in [0, 0.1) is 18.3 Å². The van der Waals surface area contributed by atoms with Gasteiger partial charge in [-0.05, 0) is 36.8 Å². The van der Waals surface area contributed by atoms with Gasteiger partial charge in [-0.25, -0.2) is 5.43 Å². The Morgan fingerprint density at radius 3 is 2.68 bits per heavy atom. The number of hydrazone groups is 1. The molecule has 0 saturated heterocycles. The van der Waals surface area contributed by atoms with E-state index in [0.29, 0.717) is 11.3 Å². The van der Waals surface area contributed by atoms with Crippen LogP contribution in [0.15, 0.2) is 64.5 Å². The Kier molecular flexibility index (Phi) is 5.28. The van der Waals surface area contributed by atoms with Gasteiger partial charge in [0.05, 0.1) is 11.9 Å². The number of carbonyl (C=O) groups is 1. The third-order valence-electron chi connectivity index (χ3n) is 3.91. The minimum absolute atomic E-state index is 0.0707. The second kappa shape index (κ2) is 7.97. The summed E-state index contributed by atoms with van der Waals surface area (Å²) >= 11 is 0. The van der Waals surface area contributed by atoms with Crippen molar-refractivity contribution in [2.45, 2.75) is 6.92 Å². The van der Waals surface area contributed by atoms with Gasteiger partial charge in [0.1, 0.15) is 17.4 Å². The number of nitriles is 1. The number of amides is 1. The Bertz CT molecular complexity index is 1160. The fourth-order valence-electron chi connectivity index (χ4n) is 2.52. The summed E-state index contributed by atoms with van der Waals surface area (Å²) in [4.78, 5) is 25.0. The molecule has 3 rings (SSSR count). The van der Waals surface area contributed by atoms with Gasteiger partial charge < -0.3 is 5.11 Å². The minimum atomic E-state index is -0.671. The van der Waals surface area contributed by atoms with E-state index in [4.69, 9.17) is 0 Å². The largest absolute Gasteiger partial charge is 0.508 e. The molecule has 8 heteroatoms. The van der Waals surface area contributed by atoms with E-state index >= 15 is 0 Å². The highest BCUT2D eigenvalue weighted by Crippen LogP contribution is 2.11. The number of phenolic OH excluding ortho intramolecular Hbond substituents is 1. The SMILES string of the molecule is Cc1c(C(=O)N/N=C/c2cccc(O)c2)nn(-c2ccccc2)c(=O)c1C#N. The topological polar surface area (TPSA) is 120 Å². The molecule has 0 saturated carbocycles. The van der Waals surface area contributed by atoms with Crippen LogP contribution >= 0.6 is 0 Å². The predicted molar refractivity (Wildman–Crippen MR) is 102 cm³/mol. The first-order valence-corrected chi connectivity index (χ1v) is 8.23. The number of aromatic hydroxyl groups is 1. The number of hydrogen-bond donors (Lipinski definition) is 2. The Morgan fingerprint density at radius 1 is 1.25 bits per heavy atom. The Morgan fingerprint density at radius 2 is 2.00 bits per heavy atom. The Balaban J connectivity index is 1.96.